The predicted octanol–water partition coefficient (Wildman–Crippen LogP) is 10.7. The van der Waals surface area contributed by atoms with E-state index in [-0.39, 0.29) is 0 Å². The van der Waals surface area contributed by atoms with Crippen molar-refractivity contribution in [1.29, 1.82) is 0 Å². The minimum Gasteiger partial charge on any atom is -0.355 e. The van der Waals surface area contributed by atoms with Gasteiger partial charge in [-0.15, -0.1) is 0 Å². The summed E-state index contributed by atoms with van der Waals surface area (Å²) in [6.45, 7) is 0. The van der Waals surface area contributed by atoms with Gasteiger partial charge in [0.2, 0.25) is 0 Å². The molecule has 0 aliphatic carbocycles. The average Bonchev–Trinajstić information content (AvgIpc) is 3.89. The summed E-state index contributed by atoms with van der Waals surface area (Å²) in [5.41, 5.74) is 10.6. The molecular weight excluding hydrogens is 581 g/mol. The smallest absolute Gasteiger partial charge is 0.355 e. The highest BCUT2D eigenvalue weighted by Gasteiger charge is 2.30. The number of rotatable bonds is 3. The fourth-order valence-electron chi connectivity index (χ4n) is 6.08. The van der Waals surface area contributed by atoms with Gasteiger partial charge in [0.25, 0.3) is 0 Å². The highest BCUT2D eigenvalue weighted by Crippen LogP contribution is 2.38. The second kappa shape index (κ2) is 10.9. The number of nitrogens with one attached hydrogen (secondary N) is 2. The second-order valence-corrected chi connectivity index (χ2v) is 11.2. The minimum absolute atomic E-state index is 0.588. The number of hydrogen-bond acceptors (Lipinski definition) is 2. The molecule has 0 saturated heterocycles. The molecule has 4 nitrogen and oxygen atoms in total. The first-order valence-electron chi connectivity index (χ1n) is 14.8. The van der Waals surface area contributed by atoms with Crippen molar-refractivity contribution in [3.05, 3.63) is 144 Å². The van der Waals surface area contributed by atoms with Crippen LogP contribution in [0.2, 0.25) is 0 Å². The lowest BCUT2D eigenvalue weighted by atomic mass is 10.0. The molecule has 0 fully saturated rings. The third kappa shape index (κ3) is 5.02. The zero-order chi connectivity index (χ0) is 31.3. The van der Waals surface area contributed by atoms with E-state index in [1.807, 2.05) is 109 Å². The van der Waals surface area contributed by atoms with Crippen LogP contribution in [-0.2, 0) is 6.18 Å². The van der Waals surface area contributed by atoms with Gasteiger partial charge in [-0.2, -0.15) is 13.2 Å². The fourth-order valence-corrected chi connectivity index (χ4v) is 6.08. The average molecular weight is 607 g/mol. The van der Waals surface area contributed by atoms with Gasteiger partial charge in [0.15, 0.2) is 0 Å². The van der Waals surface area contributed by atoms with Crippen LogP contribution in [0, 0.1) is 0 Å². The van der Waals surface area contributed by atoms with Crippen molar-refractivity contribution in [2.45, 2.75) is 6.18 Å². The van der Waals surface area contributed by atoms with Gasteiger partial charge >= 0.3 is 6.18 Å². The van der Waals surface area contributed by atoms with Crippen LogP contribution in [0.25, 0.3) is 79.8 Å². The summed E-state index contributed by atoms with van der Waals surface area (Å²) in [4.78, 5) is 17.3. The lowest BCUT2D eigenvalue weighted by Crippen LogP contribution is -2.04. The number of alkyl halides is 3. The quantitative estimate of drug-likeness (QED) is 0.210. The predicted molar refractivity (Wildman–Crippen MR) is 180 cm³/mol. The molecule has 2 N–H and O–H groups in total. The number of benzene rings is 3. The Kier molecular flexibility index (Phi) is 6.53. The highest BCUT2D eigenvalue weighted by atomic mass is 19.4. The van der Waals surface area contributed by atoms with Crippen LogP contribution in [0.5, 0.6) is 0 Å². The van der Waals surface area contributed by atoms with Crippen LogP contribution in [0.3, 0.4) is 0 Å². The topological polar surface area (TPSA) is 57.4 Å². The molecule has 6 aromatic rings. The summed E-state index contributed by atoms with van der Waals surface area (Å²) < 4.78 is 40.6. The van der Waals surface area contributed by atoms with Gasteiger partial charge in [-0.05, 0) is 83.5 Å². The van der Waals surface area contributed by atoms with Gasteiger partial charge in [-0.25, -0.2) is 9.97 Å². The maximum absolute atomic E-state index is 13.5. The lowest BCUT2D eigenvalue weighted by molar-refractivity contribution is -0.137. The Bertz CT molecular complexity index is 2190. The second-order valence-electron chi connectivity index (χ2n) is 11.2. The number of halogens is 3. The van der Waals surface area contributed by atoms with Crippen LogP contribution >= 0.6 is 0 Å². The van der Waals surface area contributed by atoms with Gasteiger partial charge in [-0.3, -0.25) is 0 Å². The van der Waals surface area contributed by atoms with Gasteiger partial charge in [0, 0.05) is 38.8 Å². The van der Waals surface area contributed by atoms with E-state index in [0.717, 1.165) is 67.8 Å². The Morgan fingerprint density at radius 2 is 0.848 bits per heavy atom. The molecule has 0 amide bonds. The van der Waals surface area contributed by atoms with Crippen LogP contribution in [0.1, 0.15) is 28.3 Å². The van der Waals surface area contributed by atoms with Crippen molar-refractivity contribution >= 4 is 46.4 Å². The summed E-state index contributed by atoms with van der Waals surface area (Å²) in [6.07, 6.45) is 3.28. The number of H-pyrrole nitrogens is 2. The summed E-state index contributed by atoms with van der Waals surface area (Å²) in [5.74, 6) is 0. The summed E-state index contributed by atoms with van der Waals surface area (Å²) >= 11 is 0. The van der Waals surface area contributed by atoms with E-state index < -0.39 is 11.7 Å². The molecular formula is C39H25F3N4. The Morgan fingerprint density at radius 1 is 0.435 bits per heavy atom. The lowest BCUT2D eigenvalue weighted by Gasteiger charge is -2.09. The van der Waals surface area contributed by atoms with Gasteiger partial charge in [-0.1, -0.05) is 72.8 Å². The van der Waals surface area contributed by atoms with Crippen molar-refractivity contribution in [2.24, 2.45) is 0 Å². The molecule has 0 saturated carbocycles. The van der Waals surface area contributed by atoms with Crippen molar-refractivity contribution in [3.8, 4) is 33.4 Å². The first-order valence-corrected chi connectivity index (χ1v) is 14.8. The molecule has 46 heavy (non-hydrogen) atoms. The number of hydrogen-bond donors (Lipinski definition) is 2. The van der Waals surface area contributed by atoms with Gasteiger partial charge < -0.3 is 9.97 Å². The molecule has 0 radical (unpaired) electrons. The van der Waals surface area contributed by atoms with E-state index in [1.54, 1.807) is 0 Å². The van der Waals surface area contributed by atoms with Crippen molar-refractivity contribution in [2.75, 3.05) is 0 Å². The van der Waals surface area contributed by atoms with Crippen molar-refractivity contribution in [3.63, 3.8) is 0 Å². The maximum Gasteiger partial charge on any atom is 0.416 e. The molecule has 222 valence electrons. The Morgan fingerprint density at radius 3 is 1.28 bits per heavy atom. The molecule has 0 spiro atoms. The molecule has 8 rings (SSSR count). The summed E-state index contributed by atoms with van der Waals surface area (Å²) in [6, 6.07) is 35.4. The Labute approximate surface area is 262 Å². The molecule has 2 aliphatic heterocycles. The van der Waals surface area contributed by atoms with E-state index in [2.05, 4.69) is 16.0 Å². The Hall–Kier alpha value is -5.95. The number of nitrogens with zero attached hydrogens (tertiary/aromatic N) is 2. The Balaban J connectivity index is 1.51. The zero-order valence-electron chi connectivity index (χ0n) is 24.3. The molecule has 3 aromatic carbocycles. The number of aromatic nitrogens is 4. The standard InChI is InChI=1S/C39H25F3N4/c40-39(41,42)27-13-11-26(12-14-27)38-34-21-19-32(45-34)36(24-7-3-1-4-8-24)30-17-15-28(43-30)23-29-16-18-31(44-29)37(25-9-5-2-6-10-25)33-20-22-35(38)46-33/h1-23,43-44H. The molecule has 3 aromatic heterocycles. The van der Waals surface area contributed by atoms with E-state index in [0.29, 0.717) is 22.5 Å². The molecule has 0 unspecified atom stereocenters. The van der Waals surface area contributed by atoms with E-state index in [9.17, 15) is 13.2 Å². The van der Waals surface area contributed by atoms with Crippen molar-refractivity contribution in [1.82, 2.24) is 19.9 Å². The van der Waals surface area contributed by atoms with Crippen LogP contribution < -0.4 is 0 Å². The van der Waals surface area contributed by atoms with Gasteiger partial charge in [0.1, 0.15) is 0 Å². The van der Waals surface area contributed by atoms with E-state index in [1.165, 1.54) is 12.1 Å². The first kappa shape index (κ1) is 27.6. The molecule has 5 heterocycles. The third-order valence-corrected chi connectivity index (χ3v) is 8.20. The molecule has 8 bridgehead atoms. The largest absolute Gasteiger partial charge is 0.416 e. The molecule has 7 heteroatoms. The molecule has 2 aliphatic rings. The number of fused-ring (bicyclic) bond motifs is 8. The van der Waals surface area contributed by atoms with E-state index >= 15 is 0 Å². The normalized spacial score (nSPS) is 12.5. The van der Waals surface area contributed by atoms with Gasteiger partial charge in [0.05, 0.1) is 28.3 Å². The first-order chi connectivity index (χ1) is 22.4. The highest BCUT2D eigenvalue weighted by molar-refractivity contribution is 5.96. The zero-order valence-corrected chi connectivity index (χ0v) is 24.3. The van der Waals surface area contributed by atoms with E-state index in [4.69, 9.17) is 9.97 Å². The molecule has 0 atom stereocenters. The minimum atomic E-state index is -4.44. The maximum atomic E-state index is 13.5. The summed E-state index contributed by atoms with van der Waals surface area (Å²) in [7, 11) is 0. The van der Waals surface area contributed by atoms with Crippen molar-refractivity contribution < 1.29 is 13.2 Å². The van der Waals surface area contributed by atoms with Crippen LogP contribution in [0.4, 0.5) is 13.2 Å². The number of aromatic amines is 2. The van der Waals surface area contributed by atoms with Crippen LogP contribution in [0.15, 0.2) is 115 Å². The van der Waals surface area contributed by atoms with Crippen LogP contribution in [-0.4, -0.2) is 19.9 Å². The monoisotopic (exact) mass is 606 g/mol. The SMILES string of the molecule is FC(F)(F)c1ccc(-c2c3nc(c(-c4ccccc4)c4ccc(cc5ccc([nH]5)c(-c5ccccc5)c5nc2C=C5)[nH]4)C=C3)cc1. The fraction of sp³-hybridized carbons (Fsp3) is 0.0256. The summed E-state index contributed by atoms with van der Waals surface area (Å²) in [5, 5.41) is 0. The third-order valence-electron chi connectivity index (χ3n) is 8.20.